The number of allylic oxidation sites excluding steroid dienone is 3. The summed E-state index contributed by atoms with van der Waals surface area (Å²) >= 11 is 0. The maximum absolute atomic E-state index is 13.2. The molecule has 4 rings (SSSR count). The predicted octanol–water partition coefficient (Wildman–Crippen LogP) is 4.43. The molecule has 0 fully saturated rings. The van der Waals surface area contributed by atoms with Gasteiger partial charge in [0.1, 0.15) is 6.61 Å². The summed E-state index contributed by atoms with van der Waals surface area (Å²) in [5.74, 6) is -0.776. The van der Waals surface area contributed by atoms with Gasteiger partial charge >= 0.3 is 5.97 Å². The van der Waals surface area contributed by atoms with E-state index in [4.69, 9.17) is 4.74 Å². The largest absolute Gasteiger partial charge is 0.457 e. The van der Waals surface area contributed by atoms with Gasteiger partial charge < -0.3 is 10.1 Å². The molecule has 5 heteroatoms. The average Bonchev–Trinajstić information content (AvgIpc) is 2.71. The summed E-state index contributed by atoms with van der Waals surface area (Å²) < 4.78 is 5.66. The molecule has 1 unspecified atom stereocenters. The number of carbonyl (C=O) groups excluding carboxylic acids is 2. The van der Waals surface area contributed by atoms with E-state index in [2.05, 4.69) is 24.1 Å². The molecule has 1 atom stereocenters. The Morgan fingerprint density at radius 2 is 1.83 bits per heavy atom. The second kappa shape index (κ2) is 7.90. The number of Topliss-reactive ketones (excluding diaryl/α,β-unsaturated/α-hetero) is 1. The van der Waals surface area contributed by atoms with Crippen LogP contribution in [-0.4, -0.2) is 16.7 Å². The highest BCUT2D eigenvalue weighted by Crippen LogP contribution is 2.46. The number of esters is 1. The summed E-state index contributed by atoms with van der Waals surface area (Å²) in [7, 11) is 0. The normalized spacial score (nSPS) is 20.5. The number of hydrogen-bond donors (Lipinski definition) is 1. The lowest BCUT2D eigenvalue weighted by molar-refractivity contribution is -0.140. The van der Waals surface area contributed by atoms with Gasteiger partial charge in [0, 0.05) is 41.7 Å². The van der Waals surface area contributed by atoms with Crippen molar-refractivity contribution in [1.29, 1.82) is 0 Å². The summed E-state index contributed by atoms with van der Waals surface area (Å²) in [6, 6.07) is 13.3. The molecule has 154 valence electrons. The Morgan fingerprint density at radius 3 is 2.53 bits per heavy atom. The number of carbonyl (C=O) groups is 2. The van der Waals surface area contributed by atoms with Crippen LogP contribution >= 0.6 is 0 Å². The molecule has 1 N–H and O–H groups in total. The molecule has 5 nitrogen and oxygen atoms in total. The molecule has 2 heterocycles. The number of ketones is 1. The molecule has 1 aliphatic heterocycles. The average molecular weight is 402 g/mol. The van der Waals surface area contributed by atoms with Crippen molar-refractivity contribution in [3.8, 4) is 0 Å². The fourth-order valence-electron chi connectivity index (χ4n) is 4.40. The second-order valence-electron chi connectivity index (χ2n) is 8.77. The van der Waals surface area contributed by atoms with Gasteiger partial charge in [0.15, 0.2) is 5.78 Å². The summed E-state index contributed by atoms with van der Waals surface area (Å²) in [4.78, 5) is 30.5. The van der Waals surface area contributed by atoms with Crippen LogP contribution in [0.5, 0.6) is 0 Å². The number of nitrogens with zero attached hydrogens (tertiary/aromatic N) is 1. The zero-order chi connectivity index (χ0) is 21.3. The van der Waals surface area contributed by atoms with Crippen molar-refractivity contribution in [2.75, 3.05) is 0 Å². The third-order valence-electron chi connectivity index (χ3n) is 5.71. The van der Waals surface area contributed by atoms with Crippen LogP contribution in [0.25, 0.3) is 0 Å². The lowest BCUT2D eigenvalue weighted by Gasteiger charge is -2.39. The van der Waals surface area contributed by atoms with E-state index in [1.807, 2.05) is 49.4 Å². The molecule has 0 spiro atoms. The summed E-state index contributed by atoms with van der Waals surface area (Å²) in [6.07, 6.45) is 4.61. The van der Waals surface area contributed by atoms with E-state index in [9.17, 15) is 9.59 Å². The molecule has 2 aromatic rings. The number of benzene rings is 1. The summed E-state index contributed by atoms with van der Waals surface area (Å²) in [5.41, 5.74) is 4.50. The third kappa shape index (κ3) is 3.92. The Labute approximate surface area is 176 Å². The summed E-state index contributed by atoms with van der Waals surface area (Å²) in [5, 5.41) is 3.36. The minimum absolute atomic E-state index is 0.0800. The highest BCUT2D eigenvalue weighted by molar-refractivity contribution is 6.04. The molecule has 0 amide bonds. The molecule has 1 aromatic heterocycles. The van der Waals surface area contributed by atoms with E-state index in [-0.39, 0.29) is 17.8 Å². The Morgan fingerprint density at radius 1 is 1.13 bits per heavy atom. The molecular weight excluding hydrogens is 376 g/mol. The third-order valence-corrected chi connectivity index (χ3v) is 5.71. The number of pyridine rings is 1. The number of nitrogens with one attached hydrogen (secondary N) is 1. The minimum Gasteiger partial charge on any atom is -0.457 e. The lowest BCUT2D eigenvalue weighted by Crippen LogP contribution is -2.38. The first-order chi connectivity index (χ1) is 14.4. The number of aromatic nitrogens is 1. The molecular formula is C25H26N2O3. The molecule has 0 saturated heterocycles. The van der Waals surface area contributed by atoms with Crippen molar-refractivity contribution in [3.63, 3.8) is 0 Å². The van der Waals surface area contributed by atoms with Crippen LogP contribution in [0.1, 0.15) is 50.7 Å². The van der Waals surface area contributed by atoms with E-state index in [0.29, 0.717) is 17.6 Å². The monoisotopic (exact) mass is 402 g/mol. The number of dihydropyridines is 1. The van der Waals surface area contributed by atoms with E-state index in [1.165, 1.54) is 0 Å². The smallest absolute Gasteiger partial charge is 0.337 e. The first-order valence-electron chi connectivity index (χ1n) is 10.2. The molecule has 1 aliphatic carbocycles. The van der Waals surface area contributed by atoms with Crippen molar-refractivity contribution >= 4 is 11.8 Å². The standard InChI is InChI=1S/C25H26N2O3/c1-16-21(24(29)30-15-17-7-5-4-6-8-17)22(18-9-11-26-12-10-18)23-19(27-16)13-25(2,3)14-20(23)28/h4-12,22,27H,13-15H2,1-3H3. The topological polar surface area (TPSA) is 68.3 Å². The van der Waals surface area contributed by atoms with Crippen LogP contribution in [0.15, 0.2) is 77.4 Å². The maximum Gasteiger partial charge on any atom is 0.337 e. The van der Waals surface area contributed by atoms with E-state index in [1.54, 1.807) is 12.4 Å². The van der Waals surface area contributed by atoms with Crippen molar-refractivity contribution in [2.45, 2.75) is 46.1 Å². The zero-order valence-corrected chi connectivity index (χ0v) is 17.6. The van der Waals surface area contributed by atoms with Gasteiger partial charge in [-0.15, -0.1) is 0 Å². The predicted molar refractivity (Wildman–Crippen MR) is 114 cm³/mol. The SMILES string of the molecule is CC1=C(C(=O)OCc2ccccc2)C(c2ccncc2)C2=C(CC(C)(C)CC2=O)N1. The maximum atomic E-state index is 13.2. The molecule has 0 bridgehead atoms. The van der Waals surface area contributed by atoms with E-state index >= 15 is 0 Å². The van der Waals surface area contributed by atoms with Gasteiger partial charge in [0.25, 0.3) is 0 Å². The van der Waals surface area contributed by atoms with Gasteiger partial charge in [0.05, 0.1) is 5.57 Å². The number of hydrogen-bond acceptors (Lipinski definition) is 5. The van der Waals surface area contributed by atoms with Crippen LogP contribution in [0.2, 0.25) is 0 Å². The fraction of sp³-hybridized carbons (Fsp3) is 0.320. The van der Waals surface area contributed by atoms with Crippen LogP contribution in [0.3, 0.4) is 0 Å². The second-order valence-corrected chi connectivity index (χ2v) is 8.77. The minimum atomic E-state index is -0.448. The molecule has 30 heavy (non-hydrogen) atoms. The van der Waals surface area contributed by atoms with Gasteiger partial charge in [-0.1, -0.05) is 44.2 Å². The number of ether oxygens (including phenoxy) is 1. The van der Waals surface area contributed by atoms with Gasteiger partial charge in [-0.25, -0.2) is 4.79 Å². The van der Waals surface area contributed by atoms with Crippen molar-refractivity contribution in [1.82, 2.24) is 10.3 Å². The first-order valence-corrected chi connectivity index (χ1v) is 10.2. The van der Waals surface area contributed by atoms with Gasteiger partial charge in [-0.3, -0.25) is 9.78 Å². The van der Waals surface area contributed by atoms with Crippen molar-refractivity contribution in [3.05, 3.63) is 88.5 Å². The van der Waals surface area contributed by atoms with Crippen LogP contribution in [-0.2, 0) is 20.9 Å². The molecule has 2 aliphatic rings. The Balaban J connectivity index is 1.72. The Hall–Kier alpha value is -3.21. The zero-order valence-electron chi connectivity index (χ0n) is 17.6. The van der Waals surface area contributed by atoms with Gasteiger partial charge in [-0.05, 0) is 42.0 Å². The fourth-order valence-corrected chi connectivity index (χ4v) is 4.40. The van der Waals surface area contributed by atoms with E-state index < -0.39 is 11.9 Å². The van der Waals surface area contributed by atoms with E-state index in [0.717, 1.165) is 28.9 Å². The van der Waals surface area contributed by atoms with Gasteiger partial charge in [-0.2, -0.15) is 0 Å². The Bertz CT molecular complexity index is 1040. The first kappa shape index (κ1) is 20.1. The summed E-state index contributed by atoms with van der Waals surface area (Å²) in [6.45, 7) is 6.26. The highest BCUT2D eigenvalue weighted by atomic mass is 16.5. The van der Waals surface area contributed by atoms with Crippen LogP contribution < -0.4 is 5.32 Å². The highest BCUT2D eigenvalue weighted by Gasteiger charge is 2.43. The Kier molecular flexibility index (Phi) is 5.29. The van der Waals surface area contributed by atoms with Crippen LogP contribution in [0, 0.1) is 5.41 Å². The lowest BCUT2D eigenvalue weighted by atomic mass is 9.68. The van der Waals surface area contributed by atoms with Crippen molar-refractivity contribution in [2.24, 2.45) is 5.41 Å². The van der Waals surface area contributed by atoms with Gasteiger partial charge in [0.2, 0.25) is 0 Å². The van der Waals surface area contributed by atoms with Crippen molar-refractivity contribution < 1.29 is 14.3 Å². The molecule has 0 radical (unpaired) electrons. The molecule has 1 aromatic carbocycles. The quantitative estimate of drug-likeness (QED) is 0.767. The molecule has 0 saturated carbocycles. The van der Waals surface area contributed by atoms with Crippen LogP contribution in [0.4, 0.5) is 0 Å². The number of rotatable bonds is 4.